The summed E-state index contributed by atoms with van der Waals surface area (Å²) in [7, 11) is 0. The maximum Gasteiger partial charge on any atom is 0.308 e. The van der Waals surface area contributed by atoms with Crippen molar-refractivity contribution in [2.75, 3.05) is 0 Å². The van der Waals surface area contributed by atoms with Crippen molar-refractivity contribution in [2.45, 2.75) is 32.7 Å². The Morgan fingerprint density at radius 2 is 1.75 bits per heavy atom. The molecule has 0 aliphatic carbocycles. The van der Waals surface area contributed by atoms with E-state index in [4.69, 9.17) is 16.3 Å². The molecule has 0 saturated heterocycles. The van der Waals surface area contributed by atoms with Gasteiger partial charge in [0.15, 0.2) is 0 Å². The van der Waals surface area contributed by atoms with E-state index in [1.165, 1.54) is 6.92 Å². The fourth-order valence-corrected chi connectivity index (χ4v) is 3.54. The van der Waals surface area contributed by atoms with Gasteiger partial charge in [-0.1, -0.05) is 67.1 Å². The summed E-state index contributed by atoms with van der Waals surface area (Å²) in [6.45, 7) is 3.31. The third-order valence-electron chi connectivity index (χ3n) is 4.47. The third-order valence-corrected chi connectivity index (χ3v) is 4.82. The molecule has 3 aromatic rings. The molecule has 1 atom stereocenters. The van der Waals surface area contributed by atoms with Crippen LogP contribution in [0.15, 0.2) is 60.7 Å². The molecule has 144 valence electrons. The molecule has 0 radical (unpaired) electrons. The minimum absolute atomic E-state index is 0.0888. The zero-order chi connectivity index (χ0) is 20.1. The average molecular weight is 396 g/mol. The van der Waals surface area contributed by atoms with Gasteiger partial charge in [0.25, 0.3) is 0 Å². The van der Waals surface area contributed by atoms with Crippen molar-refractivity contribution in [3.05, 3.63) is 76.8 Å². The summed E-state index contributed by atoms with van der Waals surface area (Å²) in [5, 5.41) is 5.49. The molecule has 0 spiro atoms. The molecule has 1 N–H and O–H groups in total. The third kappa shape index (κ3) is 4.34. The number of nitrogens with one attached hydrogen (secondary N) is 1. The predicted octanol–water partition coefficient (Wildman–Crippen LogP) is 5.42. The van der Waals surface area contributed by atoms with Crippen LogP contribution in [0.3, 0.4) is 0 Å². The van der Waals surface area contributed by atoms with E-state index in [0.29, 0.717) is 22.8 Å². The number of carbonyl (C=O) groups is 2. The Morgan fingerprint density at radius 1 is 1.04 bits per heavy atom. The van der Waals surface area contributed by atoms with Crippen LogP contribution in [0.5, 0.6) is 5.75 Å². The topological polar surface area (TPSA) is 55.4 Å². The van der Waals surface area contributed by atoms with Crippen molar-refractivity contribution in [1.82, 2.24) is 5.32 Å². The van der Waals surface area contributed by atoms with Crippen LogP contribution in [0.1, 0.15) is 43.9 Å². The van der Waals surface area contributed by atoms with Crippen LogP contribution in [0.25, 0.3) is 10.8 Å². The van der Waals surface area contributed by atoms with Gasteiger partial charge in [-0.3, -0.25) is 9.59 Å². The van der Waals surface area contributed by atoms with E-state index < -0.39 is 12.0 Å². The predicted molar refractivity (Wildman–Crippen MR) is 112 cm³/mol. The normalized spacial score (nSPS) is 11.8. The molecule has 4 nitrogen and oxygen atoms in total. The molecule has 0 aliphatic heterocycles. The summed E-state index contributed by atoms with van der Waals surface area (Å²) < 4.78 is 5.50. The molecule has 0 bridgehead atoms. The summed E-state index contributed by atoms with van der Waals surface area (Å²) >= 11 is 6.48. The molecule has 5 heteroatoms. The van der Waals surface area contributed by atoms with Gasteiger partial charge < -0.3 is 10.1 Å². The Labute approximate surface area is 169 Å². The monoisotopic (exact) mass is 395 g/mol. The molecule has 0 aliphatic rings. The molecule has 1 amide bonds. The summed E-state index contributed by atoms with van der Waals surface area (Å²) in [5.41, 5.74) is 1.46. The highest BCUT2D eigenvalue weighted by Gasteiger charge is 2.25. The van der Waals surface area contributed by atoms with Gasteiger partial charge >= 0.3 is 5.97 Å². The van der Waals surface area contributed by atoms with Crippen LogP contribution in [0.2, 0.25) is 5.02 Å². The standard InChI is InChI=1S/C23H22ClNO3/c1-3-8-21(27)25-23(18-11-6-7-12-19(18)24)22-17-10-5-4-9-16(17)13-14-20(22)28-15(2)26/h4-7,9-14,23H,3,8H2,1-2H3,(H,25,27)/t23-/m0/s1. The molecule has 3 rings (SSSR count). The van der Waals surface area contributed by atoms with E-state index in [1.807, 2.05) is 55.5 Å². The zero-order valence-corrected chi connectivity index (χ0v) is 16.6. The van der Waals surface area contributed by atoms with Gasteiger partial charge in [0.2, 0.25) is 5.91 Å². The van der Waals surface area contributed by atoms with Crippen LogP contribution < -0.4 is 10.1 Å². The lowest BCUT2D eigenvalue weighted by atomic mass is 9.92. The second kappa shape index (κ2) is 8.89. The van der Waals surface area contributed by atoms with Crippen molar-refractivity contribution in [1.29, 1.82) is 0 Å². The number of halogens is 1. The number of carbonyl (C=O) groups excluding carboxylic acids is 2. The van der Waals surface area contributed by atoms with Crippen molar-refractivity contribution in [3.63, 3.8) is 0 Å². The lowest BCUT2D eigenvalue weighted by molar-refractivity contribution is -0.131. The number of esters is 1. The second-order valence-corrected chi connectivity index (χ2v) is 6.97. The van der Waals surface area contributed by atoms with E-state index in [1.54, 1.807) is 12.1 Å². The lowest BCUT2D eigenvalue weighted by Crippen LogP contribution is -2.30. The van der Waals surface area contributed by atoms with Gasteiger partial charge in [-0.15, -0.1) is 0 Å². The number of benzene rings is 3. The van der Waals surface area contributed by atoms with E-state index >= 15 is 0 Å². The van der Waals surface area contributed by atoms with Crippen molar-refractivity contribution >= 4 is 34.2 Å². The maximum atomic E-state index is 12.5. The Bertz CT molecular complexity index is 1020. The van der Waals surface area contributed by atoms with E-state index in [9.17, 15) is 9.59 Å². The highest BCUT2D eigenvalue weighted by Crippen LogP contribution is 2.38. The molecule has 0 fully saturated rings. The van der Waals surface area contributed by atoms with E-state index in [0.717, 1.165) is 22.8 Å². The number of rotatable bonds is 6. The Hall–Kier alpha value is -2.85. The molecule has 0 aromatic heterocycles. The van der Waals surface area contributed by atoms with Gasteiger partial charge in [-0.05, 0) is 34.9 Å². The van der Waals surface area contributed by atoms with Gasteiger partial charge in [0.1, 0.15) is 5.75 Å². The molecule has 28 heavy (non-hydrogen) atoms. The molecule has 0 heterocycles. The van der Waals surface area contributed by atoms with Gasteiger partial charge in [0, 0.05) is 23.9 Å². The summed E-state index contributed by atoms with van der Waals surface area (Å²) in [5.74, 6) is -0.101. The first kappa shape index (κ1) is 19.9. The first-order valence-electron chi connectivity index (χ1n) is 9.25. The van der Waals surface area contributed by atoms with Crippen LogP contribution in [0.4, 0.5) is 0 Å². The summed E-state index contributed by atoms with van der Waals surface area (Å²) in [6.07, 6.45) is 1.13. The SMILES string of the molecule is CCCC(=O)N[C@@H](c1ccccc1Cl)c1c(OC(C)=O)ccc2ccccc12. The quantitative estimate of drug-likeness (QED) is 0.447. The second-order valence-electron chi connectivity index (χ2n) is 6.56. The first-order chi connectivity index (χ1) is 13.5. The highest BCUT2D eigenvalue weighted by molar-refractivity contribution is 6.31. The molecular weight excluding hydrogens is 374 g/mol. The summed E-state index contributed by atoms with van der Waals surface area (Å²) in [6, 6.07) is 18.3. The van der Waals surface area contributed by atoms with Crippen LogP contribution in [0, 0.1) is 0 Å². The van der Waals surface area contributed by atoms with Crippen LogP contribution >= 0.6 is 11.6 Å². The zero-order valence-electron chi connectivity index (χ0n) is 15.9. The lowest BCUT2D eigenvalue weighted by Gasteiger charge is -2.24. The van der Waals surface area contributed by atoms with Gasteiger partial charge in [-0.25, -0.2) is 0 Å². The number of hydrogen-bond acceptors (Lipinski definition) is 3. The minimum Gasteiger partial charge on any atom is -0.426 e. The number of amides is 1. The van der Waals surface area contributed by atoms with Gasteiger partial charge in [0.05, 0.1) is 6.04 Å². The van der Waals surface area contributed by atoms with Crippen molar-refractivity contribution in [2.24, 2.45) is 0 Å². The molecular formula is C23H22ClNO3. The molecule has 0 unspecified atom stereocenters. The first-order valence-corrected chi connectivity index (χ1v) is 9.63. The molecule has 3 aromatic carbocycles. The number of fused-ring (bicyclic) bond motifs is 1. The van der Waals surface area contributed by atoms with E-state index in [2.05, 4.69) is 5.32 Å². The van der Waals surface area contributed by atoms with Crippen LogP contribution in [-0.2, 0) is 9.59 Å². The highest BCUT2D eigenvalue weighted by atomic mass is 35.5. The average Bonchev–Trinajstić information content (AvgIpc) is 2.67. The number of hydrogen-bond donors (Lipinski definition) is 1. The molecule has 0 saturated carbocycles. The van der Waals surface area contributed by atoms with E-state index in [-0.39, 0.29) is 5.91 Å². The summed E-state index contributed by atoms with van der Waals surface area (Å²) in [4.78, 5) is 24.2. The van der Waals surface area contributed by atoms with Crippen molar-refractivity contribution < 1.29 is 14.3 Å². The number of ether oxygens (including phenoxy) is 1. The Morgan fingerprint density at radius 3 is 2.46 bits per heavy atom. The smallest absolute Gasteiger partial charge is 0.308 e. The van der Waals surface area contributed by atoms with Crippen molar-refractivity contribution in [3.8, 4) is 5.75 Å². The minimum atomic E-state index is -0.548. The Balaban J connectivity index is 2.26. The Kier molecular flexibility index (Phi) is 6.32. The maximum absolute atomic E-state index is 12.5. The van der Waals surface area contributed by atoms with Crippen LogP contribution in [-0.4, -0.2) is 11.9 Å². The largest absolute Gasteiger partial charge is 0.426 e. The van der Waals surface area contributed by atoms with Gasteiger partial charge in [-0.2, -0.15) is 0 Å². The fourth-order valence-electron chi connectivity index (χ4n) is 3.29. The fraction of sp³-hybridized carbons (Fsp3) is 0.217.